The van der Waals surface area contributed by atoms with E-state index in [0.29, 0.717) is 6.61 Å². The lowest BCUT2D eigenvalue weighted by atomic mass is 10.2. The zero-order chi connectivity index (χ0) is 14.5. The van der Waals surface area contributed by atoms with Gasteiger partial charge in [0.25, 0.3) is 0 Å². The van der Waals surface area contributed by atoms with Gasteiger partial charge in [0.15, 0.2) is 0 Å². The molecule has 0 heterocycles. The first-order valence-electron chi connectivity index (χ1n) is 6.28. The topological polar surface area (TPSA) is 81.4 Å². The first kappa shape index (κ1) is 15.9. The summed E-state index contributed by atoms with van der Waals surface area (Å²) in [4.78, 5) is 0.121. The first-order valence-corrected chi connectivity index (χ1v) is 7.76. The van der Waals surface area contributed by atoms with Crippen LogP contribution >= 0.6 is 0 Å². The molecule has 0 saturated heterocycles. The molecule has 1 atom stereocenters. The number of nitrogens with one attached hydrogen (secondary N) is 1. The number of rotatable bonds is 7. The Hall–Kier alpha value is -1.11. The number of benzene rings is 1. The summed E-state index contributed by atoms with van der Waals surface area (Å²) in [6, 6.07) is 4.68. The van der Waals surface area contributed by atoms with E-state index in [1.54, 1.807) is 19.2 Å². The summed E-state index contributed by atoms with van der Waals surface area (Å²) in [7, 11) is -2.05. The van der Waals surface area contributed by atoms with Crippen LogP contribution in [0.25, 0.3) is 0 Å². The minimum Gasteiger partial charge on any atom is -0.398 e. The van der Waals surface area contributed by atoms with Gasteiger partial charge in [0.1, 0.15) is 4.90 Å². The minimum absolute atomic E-state index is 0.121. The third-order valence-electron chi connectivity index (χ3n) is 2.78. The predicted octanol–water partition coefficient (Wildman–Crippen LogP) is 1.67. The molecule has 1 unspecified atom stereocenters. The van der Waals surface area contributed by atoms with E-state index in [1.165, 1.54) is 6.07 Å². The van der Waals surface area contributed by atoms with Gasteiger partial charge in [-0.3, -0.25) is 0 Å². The molecule has 0 aliphatic rings. The summed E-state index contributed by atoms with van der Waals surface area (Å²) in [5, 5.41) is 0. The Bertz CT molecular complexity index is 509. The van der Waals surface area contributed by atoms with Crippen molar-refractivity contribution in [2.75, 3.05) is 19.5 Å². The van der Waals surface area contributed by atoms with Crippen LogP contribution in [0.4, 0.5) is 5.69 Å². The molecule has 0 bridgehead atoms. The van der Waals surface area contributed by atoms with Crippen LogP contribution in [-0.4, -0.2) is 28.2 Å². The van der Waals surface area contributed by atoms with E-state index in [1.807, 2.05) is 13.8 Å². The van der Waals surface area contributed by atoms with Gasteiger partial charge in [-0.15, -0.1) is 0 Å². The van der Waals surface area contributed by atoms with Crippen LogP contribution in [-0.2, 0) is 14.8 Å². The predicted molar refractivity (Wildman–Crippen MR) is 76.5 cm³/mol. The standard InChI is InChI=1S/C13H22N2O3S/c1-4-5-11(9-18-3)15-19(16,17)13-7-6-10(2)8-12(13)14/h6-8,11,15H,4-5,9,14H2,1-3H3. The van der Waals surface area contributed by atoms with Crippen molar-refractivity contribution in [3.8, 4) is 0 Å². The van der Waals surface area contributed by atoms with Crippen molar-refractivity contribution in [1.82, 2.24) is 4.72 Å². The molecule has 3 N–H and O–H groups in total. The first-order chi connectivity index (χ1) is 8.90. The van der Waals surface area contributed by atoms with Gasteiger partial charge < -0.3 is 10.5 Å². The van der Waals surface area contributed by atoms with Gasteiger partial charge in [0.2, 0.25) is 10.0 Å². The molecule has 0 aromatic heterocycles. The molecule has 0 saturated carbocycles. The van der Waals surface area contributed by atoms with E-state index in [9.17, 15) is 8.42 Å². The minimum atomic E-state index is -3.61. The van der Waals surface area contributed by atoms with Crippen LogP contribution in [0.5, 0.6) is 0 Å². The summed E-state index contributed by atoms with van der Waals surface area (Å²) < 4.78 is 32.2. The number of nitrogens with two attached hydrogens (primary N) is 1. The van der Waals surface area contributed by atoms with Gasteiger partial charge in [-0.1, -0.05) is 19.4 Å². The third kappa shape index (κ3) is 4.49. The number of anilines is 1. The van der Waals surface area contributed by atoms with Crippen molar-refractivity contribution in [2.24, 2.45) is 0 Å². The molecule has 0 aliphatic carbocycles. The molecule has 19 heavy (non-hydrogen) atoms. The Morgan fingerprint density at radius 2 is 2.11 bits per heavy atom. The summed E-state index contributed by atoms with van der Waals surface area (Å²) in [6.45, 7) is 4.21. The van der Waals surface area contributed by atoms with Gasteiger partial charge in [-0.25, -0.2) is 13.1 Å². The van der Waals surface area contributed by atoms with Crippen LogP contribution in [0.2, 0.25) is 0 Å². The molecule has 0 radical (unpaired) electrons. The van der Waals surface area contributed by atoms with Crippen LogP contribution in [0.3, 0.4) is 0 Å². The number of sulfonamides is 1. The van der Waals surface area contributed by atoms with Crippen LogP contribution < -0.4 is 10.5 Å². The van der Waals surface area contributed by atoms with Crippen molar-refractivity contribution in [1.29, 1.82) is 0 Å². The smallest absolute Gasteiger partial charge is 0.242 e. The Kier molecular flexibility index (Phi) is 5.78. The molecule has 108 valence electrons. The average Bonchev–Trinajstić information content (AvgIpc) is 2.28. The number of methoxy groups -OCH3 is 1. The van der Waals surface area contributed by atoms with Gasteiger partial charge in [0.05, 0.1) is 12.3 Å². The number of nitrogen functional groups attached to an aromatic ring is 1. The van der Waals surface area contributed by atoms with Crippen molar-refractivity contribution >= 4 is 15.7 Å². The quantitative estimate of drug-likeness (QED) is 0.747. The van der Waals surface area contributed by atoms with Crippen molar-refractivity contribution in [3.63, 3.8) is 0 Å². The fraction of sp³-hybridized carbons (Fsp3) is 0.538. The van der Waals surface area contributed by atoms with Crippen molar-refractivity contribution in [3.05, 3.63) is 23.8 Å². The van der Waals surface area contributed by atoms with E-state index < -0.39 is 10.0 Å². The van der Waals surface area contributed by atoms with Gasteiger partial charge in [-0.05, 0) is 31.0 Å². The number of ether oxygens (including phenoxy) is 1. The van der Waals surface area contributed by atoms with Crippen LogP contribution in [0.1, 0.15) is 25.3 Å². The average molecular weight is 286 g/mol. The molecule has 0 amide bonds. The highest BCUT2D eigenvalue weighted by Crippen LogP contribution is 2.20. The molecule has 1 rings (SSSR count). The lowest BCUT2D eigenvalue weighted by molar-refractivity contribution is 0.171. The maximum Gasteiger partial charge on any atom is 0.242 e. The normalized spacial score (nSPS) is 13.4. The molecular weight excluding hydrogens is 264 g/mol. The van der Waals surface area contributed by atoms with E-state index in [-0.39, 0.29) is 16.6 Å². The monoisotopic (exact) mass is 286 g/mol. The Labute approximate surface area is 115 Å². The number of aryl methyl sites for hydroxylation is 1. The zero-order valence-corrected chi connectivity index (χ0v) is 12.5. The number of hydrogen-bond donors (Lipinski definition) is 2. The molecule has 0 fully saturated rings. The fourth-order valence-corrected chi connectivity index (χ4v) is 3.29. The summed E-state index contributed by atoms with van der Waals surface area (Å²) in [5.74, 6) is 0. The van der Waals surface area contributed by atoms with Gasteiger partial charge in [-0.2, -0.15) is 0 Å². The van der Waals surface area contributed by atoms with E-state index in [0.717, 1.165) is 18.4 Å². The van der Waals surface area contributed by atoms with Crippen molar-refractivity contribution in [2.45, 2.75) is 37.6 Å². The maximum atomic E-state index is 12.3. The number of hydrogen-bond acceptors (Lipinski definition) is 4. The lowest BCUT2D eigenvalue weighted by Gasteiger charge is -2.18. The Morgan fingerprint density at radius 3 is 2.63 bits per heavy atom. The maximum absolute atomic E-state index is 12.3. The zero-order valence-electron chi connectivity index (χ0n) is 11.6. The fourth-order valence-electron chi connectivity index (χ4n) is 1.92. The van der Waals surface area contributed by atoms with E-state index in [4.69, 9.17) is 10.5 Å². The lowest BCUT2D eigenvalue weighted by Crippen LogP contribution is -2.38. The van der Waals surface area contributed by atoms with Crippen LogP contribution in [0, 0.1) is 6.92 Å². The largest absolute Gasteiger partial charge is 0.398 e. The molecule has 0 spiro atoms. The molecule has 5 nitrogen and oxygen atoms in total. The second-order valence-corrected chi connectivity index (χ2v) is 6.29. The third-order valence-corrected chi connectivity index (χ3v) is 4.38. The SMILES string of the molecule is CCCC(COC)NS(=O)(=O)c1ccc(C)cc1N. The molecule has 1 aromatic rings. The van der Waals surface area contributed by atoms with E-state index >= 15 is 0 Å². The highest BCUT2D eigenvalue weighted by atomic mass is 32.2. The summed E-state index contributed by atoms with van der Waals surface area (Å²) >= 11 is 0. The Balaban J connectivity index is 2.96. The van der Waals surface area contributed by atoms with Gasteiger partial charge in [0, 0.05) is 13.2 Å². The van der Waals surface area contributed by atoms with Crippen molar-refractivity contribution < 1.29 is 13.2 Å². The summed E-state index contributed by atoms with van der Waals surface area (Å²) in [5.41, 5.74) is 6.97. The molecule has 0 aliphatic heterocycles. The second-order valence-electron chi connectivity index (χ2n) is 4.60. The Morgan fingerprint density at radius 1 is 1.42 bits per heavy atom. The van der Waals surface area contributed by atoms with Gasteiger partial charge >= 0.3 is 0 Å². The molecular formula is C13H22N2O3S. The van der Waals surface area contributed by atoms with Crippen LogP contribution in [0.15, 0.2) is 23.1 Å². The second kappa shape index (κ2) is 6.88. The highest BCUT2D eigenvalue weighted by molar-refractivity contribution is 7.89. The highest BCUT2D eigenvalue weighted by Gasteiger charge is 2.21. The summed E-state index contributed by atoms with van der Waals surface area (Å²) in [6.07, 6.45) is 1.60. The van der Waals surface area contributed by atoms with E-state index in [2.05, 4.69) is 4.72 Å². The molecule has 6 heteroatoms. The molecule has 1 aromatic carbocycles.